The fraction of sp³-hybridized carbons (Fsp3) is 0.333. The highest BCUT2D eigenvalue weighted by Crippen LogP contribution is 2.18. The van der Waals surface area contributed by atoms with E-state index in [2.05, 4.69) is 10.4 Å². The van der Waals surface area contributed by atoms with Gasteiger partial charge in [0.2, 0.25) is 15.9 Å². The highest BCUT2D eigenvalue weighted by Gasteiger charge is 2.28. The second-order valence-electron chi connectivity index (χ2n) is 8.22. The Kier molecular flexibility index (Phi) is 7.22. The normalized spacial score (nSPS) is 15.4. The first kappa shape index (κ1) is 23.2. The summed E-state index contributed by atoms with van der Waals surface area (Å²) in [7, 11) is -3.50. The monoisotopic (exact) mass is 467 g/mol. The van der Waals surface area contributed by atoms with E-state index in [4.69, 9.17) is 0 Å². The smallest absolute Gasteiger partial charge is 0.243 e. The van der Waals surface area contributed by atoms with Gasteiger partial charge in [-0.1, -0.05) is 35.9 Å². The molecular formula is C24H29N5O3S. The highest BCUT2D eigenvalue weighted by molar-refractivity contribution is 7.89. The lowest BCUT2D eigenvalue weighted by atomic mass is 10.2. The molecule has 8 nitrogen and oxygen atoms in total. The Morgan fingerprint density at radius 3 is 2.39 bits per heavy atom. The summed E-state index contributed by atoms with van der Waals surface area (Å²) in [5.74, 6) is -0.0553. The van der Waals surface area contributed by atoms with E-state index in [1.165, 1.54) is 4.31 Å². The summed E-state index contributed by atoms with van der Waals surface area (Å²) < 4.78 is 29.0. The van der Waals surface area contributed by atoms with Crippen molar-refractivity contribution in [2.24, 2.45) is 0 Å². The largest absolute Gasteiger partial charge is 0.355 e. The van der Waals surface area contributed by atoms with Crippen molar-refractivity contribution in [2.75, 3.05) is 39.3 Å². The number of nitrogens with one attached hydrogen (secondary N) is 1. The molecule has 9 heteroatoms. The van der Waals surface area contributed by atoms with Crippen LogP contribution in [0.3, 0.4) is 0 Å². The SMILES string of the molecule is Cc1ccc(S(=O)(=O)N2CCN(CC(=O)NCCc3cnn(-c4ccccc4)c3)CC2)cc1. The van der Waals surface area contributed by atoms with Gasteiger partial charge in [-0.25, -0.2) is 13.1 Å². The molecule has 1 fully saturated rings. The number of para-hydroxylation sites is 1. The van der Waals surface area contributed by atoms with Crippen molar-refractivity contribution in [3.05, 3.63) is 78.1 Å². The van der Waals surface area contributed by atoms with Crippen molar-refractivity contribution in [3.63, 3.8) is 0 Å². The number of aromatic nitrogens is 2. The summed E-state index contributed by atoms with van der Waals surface area (Å²) in [6, 6.07) is 16.8. The van der Waals surface area contributed by atoms with Gasteiger partial charge in [0.15, 0.2) is 0 Å². The molecule has 1 N–H and O–H groups in total. The molecule has 33 heavy (non-hydrogen) atoms. The van der Waals surface area contributed by atoms with Gasteiger partial charge < -0.3 is 5.32 Å². The predicted octanol–water partition coefficient (Wildman–Crippen LogP) is 1.85. The molecule has 2 heterocycles. The first-order valence-corrected chi connectivity index (χ1v) is 12.5. The van der Waals surface area contributed by atoms with Gasteiger partial charge in [-0.3, -0.25) is 9.69 Å². The summed E-state index contributed by atoms with van der Waals surface area (Å²) in [6.45, 7) is 4.54. The van der Waals surface area contributed by atoms with E-state index < -0.39 is 10.0 Å². The number of amides is 1. The Hall–Kier alpha value is -3.01. The number of carbonyl (C=O) groups is 1. The molecule has 1 saturated heterocycles. The predicted molar refractivity (Wildman–Crippen MR) is 127 cm³/mol. The Labute approximate surface area is 194 Å². The lowest BCUT2D eigenvalue weighted by Gasteiger charge is -2.33. The zero-order valence-electron chi connectivity index (χ0n) is 18.7. The van der Waals surface area contributed by atoms with Crippen LogP contribution in [0.4, 0.5) is 0 Å². The molecule has 174 valence electrons. The molecule has 1 aromatic heterocycles. The molecule has 1 aliphatic rings. The zero-order chi connectivity index (χ0) is 23.3. The molecule has 2 aromatic carbocycles. The van der Waals surface area contributed by atoms with E-state index in [-0.39, 0.29) is 12.5 Å². The molecule has 0 aliphatic carbocycles. The molecule has 0 spiro atoms. The quantitative estimate of drug-likeness (QED) is 0.546. The van der Waals surface area contributed by atoms with Gasteiger partial charge in [-0.2, -0.15) is 9.40 Å². The fourth-order valence-corrected chi connectivity index (χ4v) is 5.23. The van der Waals surface area contributed by atoms with Gasteiger partial charge >= 0.3 is 0 Å². The molecular weight excluding hydrogens is 438 g/mol. The molecule has 4 rings (SSSR count). The molecule has 0 atom stereocenters. The molecule has 1 aliphatic heterocycles. The van der Waals surface area contributed by atoms with Crippen LogP contribution in [0.15, 0.2) is 71.9 Å². The van der Waals surface area contributed by atoms with Gasteiger partial charge in [0.25, 0.3) is 0 Å². The fourth-order valence-electron chi connectivity index (χ4n) is 3.80. The Balaban J connectivity index is 1.20. The summed E-state index contributed by atoms with van der Waals surface area (Å²) in [4.78, 5) is 14.7. The van der Waals surface area contributed by atoms with Crippen molar-refractivity contribution in [3.8, 4) is 5.69 Å². The van der Waals surface area contributed by atoms with Crippen LogP contribution in [-0.4, -0.2) is 72.6 Å². The van der Waals surface area contributed by atoms with E-state index in [1.54, 1.807) is 24.3 Å². The number of piperazine rings is 1. The number of rotatable bonds is 8. The number of nitrogens with zero attached hydrogens (tertiary/aromatic N) is 4. The standard InChI is InChI=1S/C24H29N5O3S/c1-20-7-9-23(10-8-20)33(31,32)28-15-13-27(14-16-28)19-24(30)25-12-11-21-17-26-29(18-21)22-5-3-2-4-6-22/h2-10,17-18H,11-16,19H2,1H3,(H,25,30). The van der Waals surface area contributed by atoms with Crippen molar-refractivity contribution in [1.29, 1.82) is 0 Å². The molecule has 0 bridgehead atoms. The van der Waals surface area contributed by atoms with Gasteiger partial charge in [-0.15, -0.1) is 0 Å². The van der Waals surface area contributed by atoms with E-state index in [9.17, 15) is 13.2 Å². The van der Waals surface area contributed by atoms with Crippen LogP contribution in [0.25, 0.3) is 5.69 Å². The molecule has 0 radical (unpaired) electrons. The number of carbonyl (C=O) groups excluding carboxylic acids is 1. The maximum Gasteiger partial charge on any atom is 0.243 e. The van der Waals surface area contributed by atoms with Crippen LogP contribution < -0.4 is 5.32 Å². The third-order valence-corrected chi connectivity index (χ3v) is 7.66. The van der Waals surface area contributed by atoms with Crippen molar-refractivity contribution in [1.82, 2.24) is 24.3 Å². The van der Waals surface area contributed by atoms with E-state index in [0.717, 1.165) is 16.8 Å². The molecule has 1 amide bonds. The summed E-state index contributed by atoms with van der Waals surface area (Å²) in [5.41, 5.74) is 3.07. The Morgan fingerprint density at radius 2 is 1.70 bits per heavy atom. The van der Waals surface area contributed by atoms with Crippen molar-refractivity contribution in [2.45, 2.75) is 18.2 Å². The van der Waals surface area contributed by atoms with Crippen LogP contribution in [0, 0.1) is 6.92 Å². The minimum atomic E-state index is -3.50. The van der Waals surface area contributed by atoms with Gasteiger partial charge in [0.05, 0.1) is 23.3 Å². The average Bonchev–Trinajstić information content (AvgIpc) is 3.29. The number of aryl methyl sites for hydroxylation is 1. The van der Waals surface area contributed by atoms with Crippen molar-refractivity contribution < 1.29 is 13.2 Å². The summed E-state index contributed by atoms with van der Waals surface area (Å²) in [6.07, 6.45) is 4.48. The number of sulfonamides is 1. The highest BCUT2D eigenvalue weighted by atomic mass is 32.2. The van der Waals surface area contributed by atoms with Gasteiger partial charge in [-0.05, 0) is 43.2 Å². The van der Waals surface area contributed by atoms with Gasteiger partial charge in [0, 0.05) is 38.9 Å². The van der Waals surface area contributed by atoms with Crippen LogP contribution in [0.1, 0.15) is 11.1 Å². The maximum absolute atomic E-state index is 12.8. The second kappa shape index (κ2) is 10.3. The van der Waals surface area contributed by atoms with E-state index >= 15 is 0 Å². The van der Waals surface area contributed by atoms with Crippen LogP contribution >= 0.6 is 0 Å². The average molecular weight is 468 g/mol. The van der Waals surface area contributed by atoms with E-state index in [1.807, 2.05) is 59.2 Å². The third-order valence-electron chi connectivity index (χ3n) is 5.75. The van der Waals surface area contributed by atoms with Crippen LogP contribution in [0.2, 0.25) is 0 Å². The lowest BCUT2D eigenvalue weighted by Crippen LogP contribution is -2.51. The third kappa shape index (κ3) is 5.87. The second-order valence-corrected chi connectivity index (χ2v) is 10.2. The first-order chi connectivity index (χ1) is 15.9. The number of hydrogen-bond donors (Lipinski definition) is 1. The number of benzene rings is 2. The zero-order valence-corrected chi connectivity index (χ0v) is 19.5. The lowest BCUT2D eigenvalue weighted by molar-refractivity contribution is -0.122. The summed E-state index contributed by atoms with van der Waals surface area (Å²) in [5, 5.41) is 7.32. The van der Waals surface area contributed by atoms with E-state index in [0.29, 0.717) is 44.0 Å². The van der Waals surface area contributed by atoms with Crippen molar-refractivity contribution >= 4 is 15.9 Å². The van der Waals surface area contributed by atoms with Gasteiger partial charge in [0.1, 0.15) is 0 Å². The minimum absolute atomic E-state index is 0.0553. The van der Waals surface area contributed by atoms with Crippen LogP contribution in [0.5, 0.6) is 0 Å². The molecule has 0 unspecified atom stereocenters. The topological polar surface area (TPSA) is 87.5 Å². The molecule has 0 saturated carbocycles. The Bertz CT molecular complexity index is 1170. The summed E-state index contributed by atoms with van der Waals surface area (Å²) >= 11 is 0. The maximum atomic E-state index is 12.8. The number of hydrogen-bond acceptors (Lipinski definition) is 5. The Morgan fingerprint density at radius 1 is 1.00 bits per heavy atom. The minimum Gasteiger partial charge on any atom is -0.355 e. The van der Waals surface area contributed by atoms with Crippen LogP contribution in [-0.2, 0) is 21.2 Å². The molecule has 3 aromatic rings. The first-order valence-electron chi connectivity index (χ1n) is 11.1.